The molecule has 1 aliphatic carbocycles. The molecule has 19 heavy (non-hydrogen) atoms. The fourth-order valence-electron chi connectivity index (χ4n) is 2.71. The van der Waals surface area contributed by atoms with Crippen LogP contribution in [0.1, 0.15) is 43.0 Å². The first-order valence-electron chi connectivity index (χ1n) is 6.91. The van der Waals surface area contributed by atoms with Crippen LogP contribution in [0.25, 0.3) is 0 Å². The smallest absolute Gasteiger partial charge is 0.251 e. The van der Waals surface area contributed by atoms with Crippen LogP contribution >= 0.6 is 11.6 Å². The second-order valence-electron chi connectivity index (χ2n) is 5.47. The van der Waals surface area contributed by atoms with E-state index in [1.807, 2.05) is 0 Å². The van der Waals surface area contributed by atoms with Crippen LogP contribution in [0.5, 0.6) is 0 Å². The number of nitrogens with one attached hydrogen (secondary N) is 1. The lowest BCUT2D eigenvalue weighted by atomic mass is 9.80. The van der Waals surface area contributed by atoms with Crippen molar-refractivity contribution in [3.05, 3.63) is 28.8 Å². The van der Waals surface area contributed by atoms with Crippen LogP contribution in [0.15, 0.2) is 18.2 Å². The highest BCUT2D eigenvalue weighted by Crippen LogP contribution is 2.29. The summed E-state index contributed by atoms with van der Waals surface area (Å²) in [4.78, 5) is 12.0. The summed E-state index contributed by atoms with van der Waals surface area (Å²) in [5.74, 6) is 1.23. The molecular formula is C15H21ClN2O. The highest BCUT2D eigenvalue weighted by molar-refractivity contribution is 6.33. The Hall–Kier alpha value is -1.22. The molecule has 2 rings (SSSR count). The molecule has 104 valence electrons. The van der Waals surface area contributed by atoms with E-state index in [1.54, 1.807) is 18.2 Å². The monoisotopic (exact) mass is 280 g/mol. The second kappa shape index (κ2) is 6.29. The van der Waals surface area contributed by atoms with Gasteiger partial charge in [-0.25, -0.2) is 0 Å². The van der Waals surface area contributed by atoms with E-state index in [9.17, 15) is 4.79 Å². The average Bonchev–Trinajstić information content (AvgIpc) is 2.40. The molecule has 0 spiro atoms. The van der Waals surface area contributed by atoms with Gasteiger partial charge >= 0.3 is 0 Å². The number of hydrogen-bond acceptors (Lipinski definition) is 2. The molecule has 4 heteroatoms. The molecular weight excluding hydrogens is 260 g/mol. The van der Waals surface area contributed by atoms with Gasteiger partial charge in [-0.15, -0.1) is 0 Å². The molecule has 2 atom stereocenters. The molecule has 0 aliphatic heterocycles. The minimum Gasteiger partial charge on any atom is -0.398 e. The molecule has 0 saturated heterocycles. The molecule has 2 unspecified atom stereocenters. The summed E-state index contributed by atoms with van der Waals surface area (Å²) in [6.45, 7) is 3.03. The van der Waals surface area contributed by atoms with E-state index >= 15 is 0 Å². The van der Waals surface area contributed by atoms with E-state index in [2.05, 4.69) is 12.2 Å². The predicted molar refractivity (Wildman–Crippen MR) is 79.3 cm³/mol. The number of hydrogen-bond donors (Lipinski definition) is 2. The Labute approximate surface area is 119 Å². The summed E-state index contributed by atoms with van der Waals surface area (Å²) in [7, 11) is 0. The van der Waals surface area contributed by atoms with E-state index in [4.69, 9.17) is 17.3 Å². The van der Waals surface area contributed by atoms with Crippen molar-refractivity contribution in [2.24, 2.45) is 11.8 Å². The summed E-state index contributed by atoms with van der Waals surface area (Å²) in [6, 6.07) is 5.00. The van der Waals surface area contributed by atoms with Crippen LogP contribution in [-0.2, 0) is 0 Å². The zero-order valence-corrected chi connectivity index (χ0v) is 12.0. The first kappa shape index (κ1) is 14.2. The first-order valence-corrected chi connectivity index (χ1v) is 7.29. The van der Waals surface area contributed by atoms with Crippen molar-refractivity contribution in [3.8, 4) is 0 Å². The molecule has 0 bridgehead atoms. The zero-order valence-electron chi connectivity index (χ0n) is 11.3. The molecule has 0 heterocycles. The van der Waals surface area contributed by atoms with Gasteiger partial charge in [-0.2, -0.15) is 0 Å². The summed E-state index contributed by atoms with van der Waals surface area (Å²) < 4.78 is 0. The van der Waals surface area contributed by atoms with Crippen molar-refractivity contribution in [3.63, 3.8) is 0 Å². The predicted octanol–water partition coefficient (Wildman–Crippen LogP) is 3.48. The number of amides is 1. The second-order valence-corrected chi connectivity index (χ2v) is 5.88. The van der Waals surface area contributed by atoms with Crippen molar-refractivity contribution in [2.45, 2.75) is 32.6 Å². The minimum absolute atomic E-state index is 0.0684. The maximum Gasteiger partial charge on any atom is 0.251 e. The standard InChI is InChI=1S/C15H21ClN2O/c1-10-4-2-3-5-12(10)9-18-15(19)11-6-7-13(16)14(17)8-11/h6-8,10,12H,2-5,9,17H2,1H3,(H,18,19). The van der Waals surface area contributed by atoms with Gasteiger partial charge in [-0.05, 0) is 36.5 Å². The van der Waals surface area contributed by atoms with Gasteiger partial charge in [0.2, 0.25) is 0 Å². The van der Waals surface area contributed by atoms with Gasteiger partial charge in [0, 0.05) is 12.1 Å². The number of carbonyl (C=O) groups excluding carboxylic acids is 1. The van der Waals surface area contributed by atoms with Crippen molar-refractivity contribution < 1.29 is 4.79 Å². The number of benzene rings is 1. The fraction of sp³-hybridized carbons (Fsp3) is 0.533. The van der Waals surface area contributed by atoms with Gasteiger partial charge in [0.1, 0.15) is 0 Å². The topological polar surface area (TPSA) is 55.1 Å². The van der Waals surface area contributed by atoms with Crippen LogP contribution in [0.3, 0.4) is 0 Å². The van der Waals surface area contributed by atoms with Crippen molar-refractivity contribution in [1.82, 2.24) is 5.32 Å². The third kappa shape index (κ3) is 3.63. The van der Waals surface area contributed by atoms with E-state index in [0.717, 1.165) is 6.54 Å². The van der Waals surface area contributed by atoms with Crippen LogP contribution in [0.4, 0.5) is 5.69 Å². The minimum atomic E-state index is -0.0684. The Morgan fingerprint density at radius 2 is 2.16 bits per heavy atom. The van der Waals surface area contributed by atoms with Gasteiger partial charge in [0.25, 0.3) is 5.91 Å². The molecule has 1 fully saturated rings. The van der Waals surface area contributed by atoms with Gasteiger partial charge in [0.05, 0.1) is 10.7 Å². The first-order chi connectivity index (χ1) is 9.08. The zero-order chi connectivity index (χ0) is 13.8. The SMILES string of the molecule is CC1CCCCC1CNC(=O)c1ccc(Cl)c(N)c1. The quantitative estimate of drug-likeness (QED) is 0.833. The Morgan fingerprint density at radius 3 is 2.84 bits per heavy atom. The van der Waals surface area contributed by atoms with Crippen molar-refractivity contribution in [1.29, 1.82) is 0 Å². The molecule has 3 nitrogen and oxygen atoms in total. The highest BCUT2D eigenvalue weighted by Gasteiger charge is 2.21. The molecule has 0 aromatic heterocycles. The van der Waals surface area contributed by atoms with Crippen LogP contribution in [-0.4, -0.2) is 12.5 Å². The number of halogens is 1. The van der Waals surface area contributed by atoms with Gasteiger partial charge in [-0.1, -0.05) is 37.8 Å². The lowest BCUT2D eigenvalue weighted by Crippen LogP contribution is -2.33. The van der Waals surface area contributed by atoms with Crippen LogP contribution < -0.4 is 11.1 Å². The van der Waals surface area contributed by atoms with Crippen molar-refractivity contribution in [2.75, 3.05) is 12.3 Å². The molecule has 3 N–H and O–H groups in total. The van der Waals surface area contributed by atoms with E-state index < -0.39 is 0 Å². The third-order valence-corrected chi connectivity index (χ3v) is 4.42. The maximum atomic E-state index is 12.0. The molecule has 1 amide bonds. The Kier molecular flexibility index (Phi) is 4.70. The van der Waals surface area contributed by atoms with Crippen LogP contribution in [0.2, 0.25) is 5.02 Å². The van der Waals surface area contributed by atoms with E-state index in [-0.39, 0.29) is 5.91 Å². The normalized spacial score (nSPS) is 23.1. The number of anilines is 1. The van der Waals surface area contributed by atoms with Crippen molar-refractivity contribution >= 4 is 23.2 Å². The summed E-state index contributed by atoms with van der Waals surface area (Å²) in [5.41, 5.74) is 6.73. The average molecular weight is 281 g/mol. The lowest BCUT2D eigenvalue weighted by Gasteiger charge is -2.28. The molecule has 0 radical (unpaired) electrons. The van der Waals surface area contributed by atoms with Gasteiger partial charge < -0.3 is 11.1 Å². The number of nitrogen functional groups attached to an aromatic ring is 1. The highest BCUT2D eigenvalue weighted by atomic mass is 35.5. The lowest BCUT2D eigenvalue weighted by molar-refractivity contribution is 0.0936. The fourth-order valence-corrected chi connectivity index (χ4v) is 2.82. The number of rotatable bonds is 3. The largest absolute Gasteiger partial charge is 0.398 e. The Morgan fingerprint density at radius 1 is 1.42 bits per heavy atom. The summed E-state index contributed by atoms with van der Waals surface area (Å²) in [5, 5.41) is 3.49. The third-order valence-electron chi connectivity index (χ3n) is 4.07. The number of nitrogens with two attached hydrogens (primary N) is 1. The maximum absolute atomic E-state index is 12.0. The van der Waals surface area contributed by atoms with Crippen LogP contribution in [0, 0.1) is 11.8 Å². The van der Waals surface area contributed by atoms with Gasteiger partial charge in [-0.3, -0.25) is 4.79 Å². The summed E-state index contributed by atoms with van der Waals surface area (Å²) in [6.07, 6.45) is 5.08. The Balaban J connectivity index is 1.91. The molecule has 1 saturated carbocycles. The molecule has 1 aromatic carbocycles. The molecule has 1 aromatic rings. The number of carbonyl (C=O) groups is 1. The Bertz CT molecular complexity index is 461. The van der Waals surface area contributed by atoms with E-state index in [0.29, 0.717) is 28.1 Å². The summed E-state index contributed by atoms with van der Waals surface area (Å²) >= 11 is 5.85. The van der Waals surface area contributed by atoms with E-state index in [1.165, 1.54) is 25.7 Å². The molecule has 1 aliphatic rings. The van der Waals surface area contributed by atoms with Gasteiger partial charge in [0.15, 0.2) is 0 Å².